The molecular weight excluding hydrogens is 286 g/mol. The van der Waals surface area contributed by atoms with Crippen LogP contribution in [0.1, 0.15) is 24.1 Å². The molecule has 1 aliphatic heterocycles. The number of amides is 1. The van der Waals surface area contributed by atoms with E-state index in [2.05, 4.69) is 0 Å². The number of carbonyl (C=O) groups excluding carboxylic acids is 1. The van der Waals surface area contributed by atoms with Gasteiger partial charge in [-0.05, 0) is 31.1 Å². The van der Waals surface area contributed by atoms with Crippen LogP contribution < -0.4 is 0 Å². The number of rotatable bonds is 4. The van der Waals surface area contributed by atoms with E-state index in [4.69, 9.17) is 16.7 Å². The fourth-order valence-electron chi connectivity index (χ4n) is 2.21. The fraction of sp³-hybridized carbons (Fsp3) is 0.385. The molecule has 0 saturated carbocycles. The maximum absolute atomic E-state index is 12.0. The monoisotopic (exact) mass is 299 g/mol. The van der Waals surface area contributed by atoms with Gasteiger partial charge in [0.05, 0.1) is 10.8 Å². The molecule has 0 bridgehead atoms. The molecule has 102 valence electrons. The van der Waals surface area contributed by atoms with Gasteiger partial charge >= 0.3 is 5.97 Å². The number of nitrogens with zero attached hydrogens (tertiary/aromatic N) is 1. The van der Waals surface area contributed by atoms with Crippen LogP contribution in [0.4, 0.5) is 0 Å². The molecule has 1 aliphatic rings. The second kappa shape index (κ2) is 6.21. The third-order valence-electron chi connectivity index (χ3n) is 3.05. The van der Waals surface area contributed by atoms with Gasteiger partial charge in [-0.1, -0.05) is 11.6 Å². The van der Waals surface area contributed by atoms with Crippen LogP contribution in [0.3, 0.4) is 0 Å². The van der Waals surface area contributed by atoms with E-state index in [-0.39, 0.29) is 18.4 Å². The van der Waals surface area contributed by atoms with Crippen molar-refractivity contribution in [1.29, 1.82) is 0 Å². The largest absolute Gasteiger partial charge is 0.481 e. The summed E-state index contributed by atoms with van der Waals surface area (Å²) in [5.41, 5.74) is 0. The van der Waals surface area contributed by atoms with Gasteiger partial charge in [-0.15, -0.1) is 11.3 Å². The van der Waals surface area contributed by atoms with E-state index in [0.29, 0.717) is 10.9 Å². The maximum Gasteiger partial charge on any atom is 0.305 e. The van der Waals surface area contributed by atoms with E-state index in [0.717, 1.165) is 17.7 Å². The number of thiophene rings is 1. The Labute approximate surface area is 120 Å². The Morgan fingerprint density at radius 1 is 1.53 bits per heavy atom. The summed E-state index contributed by atoms with van der Waals surface area (Å²) < 4.78 is 0.678. The van der Waals surface area contributed by atoms with Crippen molar-refractivity contribution in [2.24, 2.45) is 0 Å². The minimum absolute atomic E-state index is 0.0183. The van der Waals surface area contributed by atoms with Gasteiger partial charge in [0.15, 0.2) is 0 Å². The molecule has 1 unspecified atom stereocenters. The van der Waals surface area contributed by atoms with Gasteiger partial charge < -0.3 is 10.0 Å². The van der Waals surface area contributed by atoms with Gasteiger partial charge in [-0.3, -0.25) is 9.59 Å². The first kappa shape index (κ1) is 14.1. The summed E-state index contributed by atoms with van der Waals surface area (Å²) in [6.45, 7) is 0.631. The topological polar surface area (TPSA) is 57.6 Å². The summed E-state index contributed by atoms with van der Waals surface area (Å²) in [7, 11) is 0. The summed E-state index contributed by atoms with van der Waals surface area (Å²) in [4.78, 5) is 25.3. The first-order valence-corrected chi connectivity index (χ1v) is 7.21. The Balaban J connectivity index is 1.98. The Hall–Kier alpha value is -1.33. The fourth-order valence-corrected chi connectivity index (χ4v) is 3.17. The van der Waals surface area contributed by atoms with Crippen molar-refractivity contribution in [2.75, 3.05) is 6.54 Å². The minimum atomic E-state index is -0.862. The van der Waals surface area contributed by atoms with Crippen LogP contribution in [0.2, 0.25) is 4.34 Å². The summed E-state index contributed by atoms with van der Waals surface area (Å²) in [6, 6.07) is 3.44. The number of halogens is 1. The minimum Gasteiger partial charge on any atom is -0.481 e. The second-order valence-corrected chi connectivity index (χ2v) is 6.15. The molecule has 19 heavy (non-hydrogen) atoms. The van der Waals surface area contributed by atoms with E-state index in [1.807, 2.05) is 6.07 Å². The molecule has 1 amide bonds. The summed E-state index contributed by atoms with van der Waals surface area (Å²) in [6.07, 6.45) is 4.85. The molecule has 0 spiro atoms. The van der Waals surface area contributed by atoms with Crippen molar-refractivity contribution in [3.05, 3.63) is 27.4 Å². The van der Waals surface area contributed by atoms with Crippen LogP contribution in [0, 0.1) is 0 Å². The Morgan fingerprint density at radius 2 is 2.32 bits per heavy atom. The predicted molar refractivity (Wildman–Crippen MR) is 75.4 cm³/mol. The number of hydrogen-bond donors (Lipinski definition) is 1. The van der Waals surface area contributed by atoms with Gasteiger partial charge in [0, 0.05) is 23.5 Å². The molecule has 1 aromatic heterocycles. The molecule has 0 radical (unpaired) electrons. The Kier molecular flexibility index (Phi) is 4.61. The molecule has 0 aromatic carbocycles. The average Bonchev–Trinajstić information content (AvgIpc) is 2.94. The van der Waals surface area contributed by atoms with Crippen LogP contribution >= 0.6 is 22.9 Å². The molecule has 1 fully saturated rings. The van der Waals surface area contributed by atoms with Crippen molar-refractivity contribution < 1.29 is 14.7 Å². The molecule has 2 heterocycles. The third-order valence-corrected chi connectivity index (χ3v) is 4.25. The van der Waals surface area contributed by atoms with Crippen LogP contribution in [0.15, 0.2) is 18.2 Å². The molecular formula is C13H14ClNO3S. The summed E-state index contributed by atoms with van der Waals surface area (Å²) >= 11 is 7.20. The predicted octanol–water partition coefficient (Wildman–Crippen LogP) is 2.88. The number of carbonyl (C=O) groups is 2. The van der Waals surface area contributed by atoms with Gasteiger partial charge in [-0.2, -0.15) is 0 Å². The smallest absolute Gasteiger partial charge is 0.305 e. The molecule has 2 rings (SSSR count). The lowest BCUT2D eigenvalue weighted by Crippen LogP contribution is -2.35. The van der Waals surface area contributed by atoms with Crippen molar-refractivity contribution in [2.45, 2.75) is 25.3 Å². The highest BCUT2D eigenvalue weighted by atomic mass is 35.5. The van der Waals surface area contributed by atoms with Gasteiger partial charge in [0.1, 0.15) is 0 Å². The summed E-state index contributed by atoms with van der Waals surface area (Å²) in [5.74, 6) is -0.994. The normalized spacial score (nSPS) is 19.2. The first-order chi connectivity index (χ1) is 9.06. The van der Waals surface area contributed by atoms with Crippen molar-refractivity contribution in [3.8, 4) is 0 Å². The van der Waals surface area contributed by atoms with Crippen LogP contribution in [-0.2, 0) is 9.59 Å². The lowest BCUT2D eigenvalue weighted by molar-refractivity contribution is -0.139. The maximum atomic E-state index is 12.0. The van der Waals surface area contributed by atoms with E-state index < -0.39 is 5.97 Å². The Morgan fingerprint density at radius 3 is 2.95 bits per heavy atom. The highest BCUT2D eigenvalue weighted by molar-refractivity contribution is 7.17. The lowest BCUT2D eigenvalue weighted by atomic mass is 10.1. The van der Waals surface area contributed by atoms with E-state index >= 15 is 0 Å². The van der Waals surface area contributed by atoms with Crippen LogP contribution in [-0.4, -0.2) is 34.5 Å². The van der Waals surface area contributed by atoms with E-state index in [9.17, 15) is 9.59 Å². The molecule has 1 atom stereocenters. The van der Waals surface area contributed by atoms with Gasteiger partial charge in [-0.25, -0.2) is 0 Å². The third kappa shape index (κ3) is 3.81. The van der Waals surface area contributed by atoms with Crippen LogP contribution in [0.25, 0.3) is 6.08 Å². The van der Waals surface area contributed by atoms with Gasteiger partial charge in [0.2, 0.25) is 5.91 Å². The van der Waals surface area contributed by atoms with Gasteiger partial charge in [0.25, 0.3) is 0 Å². The molecule has 0 aliphatic carbocycles. The zero-order chi connectivity index (χ0) is 13.8. The molecule has 4 nitrogen and oxygen atoms in total. The van der Waals surface area contributed by atoms with Crippen LogP contribution in [0.5, 0.6) is 0 Å². The average molecular weight is 300 g/mol. The Bertz CT molecular complexity index is 512. The molecule has 1 N–H and O–H groups in total. The van der Waals surface area contributed by atoms with Crippen molar-refractivity contribution >= 4 is 40.9 Å². The van der Waals surface area contributed by atoms with Crippen molar-refractivity contribution in [1.82, 2.24) is 4.90 Å². The highest BCUT2D eigenvalue weighted by Crippen LogP contribution is 2.24. The highest BCUT2D eigenvalue weighted by Gasteiger charge is 2.28. The summed E-state index contributed by atoms with van der Waals surface area (Å²) in [5, 5.41) is 8.82. The van der Waals surface area contributed by atoms with E-state index in [1.165, 1.54) is 17.4 Å². The number of carboxylic acid groups (broad SMARTS) is 1. The number of likely N-dealkylation sites (tertiary alicyclic amines) is 1. The quantitative estimate of drug-likeness (QED) is 0.870. The van der Waals surface area contributed by atoms with E-state index in [1.54, 1.807) is 17.0 Å². The number of carboxylic acids is 1. The number of aliphatic carboxylic acids is 1. The first-order valence-electron chi connectivity index (χ1n) is 6.02. The number of hydrogen-bond acceptors (Lipinski definition) is 3. The zero-order valence-corrected chi connectivity index (χ0v) is 11.8. The van der Waals surface area contributed by atoms with Crippen molar-refractivity contribution in [3.63, 3.8) is 0 Å². The second-order valence-electron chi connectivity index (χ2n) is 4.40. The zero-order valence-electron chi connectivity index (χ0n) is 10.2. The molecule has 6 heteroatoms. The molecule has 1 aromatic rings. The lowest BCUT2D eigenvalue weighted by Gasteiger charge is -2.21. The standard InChI is InChI=1S/C13H14ClNO3S/c14-11-5-3-10(19-11)4-6-12(16)15-7-1-2-9(15)8-13(17)18/h3-6,9H,1-2,7-8H2,(H,17,18)/b6-4+. The molecule has 1 saturated heterocycles. The SMILES string of the molecule is O=C(O)CC1CCCN1C(=O)/C=C/c1ccc(Cl)s1.